The van der Waals surface area contributed by atoms with Crippen LogP contribution in [0.4, 0.5) is 5.69 Å². The number of carbonyl (C=O) groups excluding carboxylic acids is 2. The van der Waals surface area contributed by atoms with Gasteiger partial charge < -0.3 is 19.7 Å². The number of carbonyl (C=O) groups is 2. The molecule has 7 nitrogen and oxygen atoms in total. The van der Waals surface area contributed by atoms with Gasteiger partial charge in [0.15, 0.2) is 0 Å². The maximum absolute atomic E-state index is 13.2. The van der Waals surface area contributed by atoms with E-state index in [0.29, 0.717) is 35.6 Å². The number of amides is 1. The Kier molecular flexibility index (Phi) is 5.01. The van der Waals surface area contributed by atoms with Crippen LogP contribution in [0.3, 0.4) is 0 Å². The van der Waals surface area contributed by atoms with Crippen LogP contribution in [0, 0.1) is 0 Å². The predicted octanol–water partition coefficient (Wildman–Crippen LogP) is 3.96. The highest BCUT2D eigenvalue weighted by atomic mass is 16.5. The van der Waals surface area contributed by atoms with Crippen molar-refractivity contribution in [3.05, 3.63) is 89.0 Å². The number of hydrogen-bond acceptors (Lipinski definition) is 6. The number of nitrogens with zero attached hydrogens (tertiary/aromatic N) is 1. The van der Waals surface area contributed by atoms with Crippen molar-refractivity contribution in [1.29, 1.82) is 0 Å². The first-order valence-corrected chi connectivity index (χ1v) is 10.5. The molecule has 0 bridgehead atoms. The smallest absolute Gasteiger partial charge is 0.300 e. The molecule has 33 heavy (non-hydrogen) atoms. The minimum Gasteiger partial charge on any atom is -0.508 e. The summed E-state index contributed by atoms with van der Waals surface area (Å²) in [6.45, 7) is 0.559. The molecule has 2 heterocycles. The summed E-state index contributed by atoms with van der Waals surface area (Å²) in [6.07, 6.45) is 0.699. The predicted molar refractivity (Wildman–Crippen MR) is 122 cm³/mol. The average molecular weight is 443 g/mol. The van der Waals surface area contributed by atoms with Gasteiger partial charge in [0, 0.05) is 23.7 Å². The summed E-state index contributed by atoms with van der Waals surface area (Å²) in [5.41, 5.74) is 2.23. The van der Waals surface area contributed by atoms with Gasteiger partial charge in [0.1, 0.15) is 23.0 Å². The largest absolute Gasteiger partial charge is 0.508 e. The average Bonchev–Trinajstić information content (AvgIpc) is 3.40. The number of hydrogen-bond donors (Lipinski definition) is 2. The number of ketones is 1. The second kappa shape index (κ2) is 8.02. The lowest BCUT2D eigenvalue weighted by Crippen LogP contribution is -2.29. The lowest BCUT2D eigenvalue weighted by atomic mass is 9.94. The van der Waals surface area contributed by atoms with Crippen molar-refractivity contribution in [2.45, 2.75) is 12.5 Å². The fourth-order valence-corrected chi connectivity index (χ4v) is 4.36. The van der Waals surface area contributed by atoms with E-state index in [2.05, 4.69) is 0 Å². The molecular weight excluding hydrogens is 422 g/mol. The van der Waals surface area contributed by atoms with Crippen LogP contribution in [0.25, 0.3) is 5.76 Å². The van der Waals surface area contributed by atoms with E-state index in [9.17, 15) is 19.8 Å². The molecule has 7 heteroatoms. The molecule has 0 radical (unpaired) electrons. The number of aliphatic hydroxyl groups excluding tert-OH is 1. The molecule has 1 saturated heterocycles. The van der Waals surface area contributed by atoms with Gasteiger partial charge in [0.2, 0.25) is 0 Å². The molecular formula is C26H21NO6. The number of rotatable bonds is 4. The van der Waals surface area contributed by atoms with Gasteiger partial charge in [-0.1, -0.05) is 18.2 Å². The summed E-state index contributed by atoms with van der Waals surface area (Å²) < 4.78 is 10.8. The number of aromatic hydroxyl groups is 1. The van der Waals surface area contributed by atoms with E-state index >= 15 is 0 Å². The molecule has 0 aromatic heterocycles. The van der Waals surface area contributed by atoms with E-state index < -0.39 is 17.7 Å². The number of methoxy groups -OCH3 is 1. The monoisotopic (exact) mass is 443 g/mol. The number of Topliss-reactive ketones (excluding diaryl/α,β-unsaturated/α-hetero) is 1. The van der Waals surface area contributed by atoms with Crippen LogP contribution in [0.5, 0.6) is 17.2 Å². The number of phenols is 1. The van der Waals surface area contributed by atoms with Crippen LogP contribution in [0.1, 0.15) is 22.7 Å². The zero-order valence-electron chi connectivity index (χ0n) is 17.8. The molecule has 1 amide bonds. The van der Waals surface area contributed by atoms with E-state index in [4.69, 9.17) is 9.47 Å². The fraction of sp³-hybridized carbons (Fsp3) is 0.154. The van der Waals surface area contributed by atoms with Gasteiger partial charge in [-0.2, -0.15) is 0 Å². The third-order valence-corrected chi connectivity index (χ3v) is 5.92. The summed E-state index contributed by atoms with van der Waals surface area (Å²) in [6, 6.07) is 17.3. The fourth-order valence-electron chi connectivity index (χ4n) is 4.36. The van der Waals surface area contributed by atoms with Crippen molar-refractivity contribution in [1.82, 2.24) is 0 Å². The second-order valence-electron chi connectivity index (χ2n) is 7.89. The Labute approximate surface area is 190 Å². The molecule has 0 aliphatic carbocycles. The highest BCUT2D eigenvalue weighted by Gasteiger charge is 2.47. The highest BCUT2D eigenvalue weighted by Crippen LogP contribution is 2.43. The van der Waals surface area contributed by atoms with Crippen LogP contribution in [0.2, 0.25) is 0 Å². The molecule has 3 aromatic carbocycles. The number of anilines is 1. The highest BCUT2D eigenvalue weighted by molar-refractivity contribution is 6.51. The third kappa shape index (κ3) is 3.47. The van der Waals surface area contributed by atoms with E-state index in [-0.39, 0.29) is 17.1 Å². The van der Waals surface area contributed by atoms with Gasteiger partial charge in [0.05, 0.1) is 25.3 Å². The quantitative estimate of drug-likeness (QED) is 0.360. The minimum absolute atomic E-state index is 0.0154. The summed E-state index contributed by atoms with van der Waals surface area (Å²) >= 11 is 0. The summed E-state index contributed by atoms with van der Waals surface area (Å²) in [5.74, 6) is -0.612. The van der Waals surface area contributed by atoms with Gasteiger partial charge >= 0.3 is 0 Å². The Morgan fingerprint density at radius 3 is 2.67 bits per heavy atom. The van der Waals surface area contributed by atoms with E-state index in [0.717, 1.165) is 11.3 Å². The number of aliphatic hydroxyl groups is 1. The lowest BCUT2D eigenvalue weighted by Gasteiger charge is -2.25. The molecule has 3 aromatic rings. The van der Waals surface area contributed by atoms with Crippen LogP contribution in [0.15, 0.2) is 72.3 Å². The van der Waals surface area contributed by atoms with Gasteiger partial charge in [-0.25, -0.2) is 0 Å². The van der Waals surface area contributed by atoms with Gasteiger partial charge in [-0.3, -0.25) is 14.5 Å². The Bertz CT molecular complexity index is 1310. The molecule has 1 fully saturated rings. The van der Waals surface area contributed by atoms with Crippen molar-refractivity contribution in [3.63, 3.8) is 0 Å². The van der Waals surface area contributed by atoms with Crippen LogP contribution in [-0.4, -0.2) is 35.6 Å². The summed E-state index contributed by atoms with van der Waals surface area (Å²) in [5, 5.41) is 21.3. The Morgan fingerprint density at radius 1 is 1.06 bits per heavy atom. The van der Waals surface area contributed by atoms with Crippen molar-refractivity contribution in [2.24, 2.45) is 0 Å². The van der Waals surface area contributed by atoms with Crippen LogP contribution < -0.4 is 14.4 Å². The zero-order chi connectivity index (χ0) is 23.1. The maximum Gasteiger partial charge on any atom is 0.300 e. The maximum atomic E-state index is 13.2. The topological polar surface area (TPSA) is 96.3 Å². The molecule has 1 unspecified atom stereocenters. The first-order valence-electron chi connectivity index (χ1n) is 10.5. The molecule has 2 aliphatic heterocycles. The van der Waals surface area contributed by atoms with Gasteiger partial charge in [-0.05, 0) is 53.6 Å². The molecule has 0 saturated carbocycles. The molecule has 166 valence electrons. The zero-order valence-corrected chi connectivity index (χ0v) is 17.8. The van der Waals surface area contributed by atoms with Crippen molar-refractivity contribution >= 4 is 23.1 Å². The third-order valence-electron chi connectivity index (χ3n) is 5.92. The Balaban J connectivity index is 1.71. The number of phenolic OH excluding ortho intramolecular Hbond substituents is 1. The SMILES string of the molecule is COc1cccc(N2C(=O)C(=O)/C(=C(\O)c3ccc4c(c3)CCO4)C2c2cccc(O)c2)c1. The van der Waals surface area contributed by atoms with E-state index in [1.54, 1.807) is 54.6 Å². The standard InChI is InChI=1S/C26H21NO6/c1-32-20-7-3-5-18(14-20)27-23(16-4-2-6-19(28)13-16)22(25(30)26(27)31)24(29)17-8-9-21-15(12-17)10-11-33-21/h2-9,12-14,23,28-29H,10-11H2,1H3/b24-22-. The van der Waals surface area contributed by atoms with E-state index in [1.807, 2.05) is 0 Å². The number of fused-ring (bicyclic) bond motifs is 1. The number of benzene rings is 3. The van der Waals surface area contributed by atoms with E-state index in [1.165, 1.54) is 24.1 Å². The molecule has 5 rings (SSSR count). The molecule has 1 atom stereocenters. The van der Waals surface area contributed by atoms with Crippen LogP contribution >= 0.6 is 0 Å². The Hall–Kier alpha value is -4.26. The normalized spacial score (nSPS) is 18.8. The summed E-state index contributed by atoms with van der Waals surface area (Å²) in [4.78, 5) is 27.8. The first-order chi connectivity index (χ1) is 16.0. The molecule has 0 spiro atoms. The van der Waals surface area contributed by atoms with Crippen molar-refractivity contribution < 1.29 is 29.3 Å². The van der Waals surface area contributed by atoms with Crippen molar-refractivity contribution in [2.75, 3.05) is 18.6 Å². The van der Waals surface area contributed by atoms with Gasteiger partial charge in [0.25, 0.3) is 11.7 Å². The lowest BCUT2D eigenvalue weighted by molar-refractivity contribution is -0.132. The van der Waals surface area contributed by atoms with Crippen LogP contribution in [-0.2, 0) is 16.0 Å². The molecule has 2 aliphatic rings. The summed E-state index contributed by atoms with van der Waals surface area (Å²) in [7, 11) is 1.51. The Morgan fingerprint density at radius 2 is 1.88 bits per heavy atom. The number of ether oxygens (including phenoxy) is 2. The first kappa shape index (κ1) is 20.6. The minimum atomic E-state index is -0.936. The molecule has 2 N–H and O–H groups in total. The second-order valence-corrected chi connectivity index (χ2v) is 7.89. The van der Waals surface area contributed by atoms with Gasteiger partial charge in [-0.15, -0.1) is 0 Å². The van der Waals surface area contributed by atoms with Crippen molar-refractivity contribution in [3.8, 4) is 17.2 Å².